The maximum absolute atomic E-state index is 13.9. The number of nitrogens with one attached hydrogen (secondary N) is 1. The van der Waals surface area contributed by atoms with E-state index in [9.17, 15) is 14.3 Å². The summed E-state index contributed by atoms with van der Waals surface area (Å²) in [6.07, 6.45) is -0.140. The van der Waals surface area contributed by atoms with Crippen molar-refractivity contribution < 1.29 is 14.3 Å². The van der Waals surface area contributed by atoms with E-state index in [1.54, 1.807) is 18.2 Å². The predicted octanol–water partition coefficient (Wildman–Crippen LogP) is 5.12. The third-order valence-corrected chi connectivity index (χ3v) is 4.00. The van der Waals surface area contributed by atoms with Gasteiger partial charge in [-0.05, 0) is 28.8 Å². The second-order valence-corrected chi connectivity index (χ2v) is 5.76. The summed E-state index contributed by atoms with van der Waals surface area (Å²) in [5.41, 5.74) is 3.22. The molecule has 3 aromatic carbocycles. The predicted molar refractivity (Wildman–Crippen MR) is 96.9 cm³/mol. The molecule has 0 aliphatic carbocycles. The number of hydrogen-bond donors (Lipinski definition) is 2. The minimum absolute atomic E-state index is 0.140. The van der Waals surface area contributed by atoms with Crippen LogP contribution in [0, 0.1) is 5.82 Å². The van der Waals surface area contributed by atoms with Crippen molar-refractivity contribution in [1.82, 2.24) is 0 Å². The molecule has 3 rings (SSSR count). The Labute approximate surface area is 145 Å². The highest BCUT2D eigenvalue weighted by molar-refractivity contribution is 5.69. The van der Waals surface area contributed by atoms with Gasteiger partial charge >= 0.3 is 5.97 Å². The normalized spacial score (nSPS) is 11.7. The average Bonchev–Trinajstić information content (AvgIpc) is 2.63. The molecule has 4 heteroatoms. The van der Waals surface area contributed by atoms with Gasteiger partial charge in [-0.3, -0.25) is 4.79 Å². The standard InChI is InChI=1S/C21H18FNO2/c22-18-8-4-5-9-19(18)23-20(14-21(24)25)17-12-10-16(11-13-17)15-6-2-1-3-7-15/h1-13,20,23H,14H2,(H,24,25). The lowest BCUT2D eigenvalue weighted by atomic mass is 9.99. The molecule has 0 aliphatic heterocycles. The van der Waals surface area contributed by atoms with Gasteiger partial charge < -0.3 is 10.4 Å². The third-order valence-electron chi connectivity index (χ3n) is 4.00. The van der Waals surface area contributed by atoms with Crippen LogP contribution in [-0.2, 0) is 4.79 Å². The summed E-state index contributed by atoms with van der Waals surface area (Å²) in [5, 5.41) is 12.2. The Morgan fingerprint density at radius 2 is 1.48 bits per heavy atom. The second-order valence-electron chi connectivity index (χ2n) is 5.76. The van der Waals surface area contributed by atoms with Crippen LogP contribution in [0.5, 0.6) is 0 Å². The fourth-order valence-corrected chi connectivity index (χ4v) is 2.73. The zero-order valence-corrected chi connectivity index (χ0v) is 13.5. The van der Waals surface area contributed by atoms with E-state index in [1.807, 2.05) is 54.6 Å². The molecular formula is C21H18FNO2. The van der Waals surface area contributed by atoms with Gasteiger partial charge in [0.2, 0.25) is 0 Å². The Kier molecular flexibility index (Phi) is 5.09. The molecule has 0 aliphatic rings. The van der Waals surface area contributed by atoms with Crippen molar-refractivity contribution in [3.8, 4) is 11.1 Å². The molecule has 0 fully saturated rings. The van der Waals surface area contributed by atoms with E-state index >= 15 is 0 Å². The molecule has 0 amide bonds. The summed E-state index contributed by atoms with van der Waals surface area (Å²) in [6.45, 7) is 0. The molecule has 0 saturated carbocycles. The summed E-state index contributed by atoms with van der Waals surface area (Å²) in [4.78, 5) is 11.2. The van der Waals surface area contributed by atoms with Gasteiger partial charge in [-0.15, -0.1) is 0 Å². The van der Waals surface area contributed by atoms with Gasteiger partial charge in [0.25, 0.3) is 0 Å². The van der Waals surface area contributed by atoms with Crippen LogP contribution in [0.15, 0.2) is 78.9 Å². The first-order valence-corrected chi connectivity index (χ1v) is 8.02. The van der Waals surface area contributed by atoms with Crippen LogP contribution >= 0.6 is 0 Å². The quantitative estimate of drug-likeness (QED) is 0.657. The van der Waals surface area contributed by atoms with Gasteiger partial charge in [0.1, 0.15) is 5.82 Å². The van der Waals surface area contributed by atoms with E-state index in [0.717, 1.165) is 16.7 Å². The van der Waals surface area contributed by atoms with Crippen molar-refractivity contribution in [2.24, 2.45) is 0 Å². The maximum atomic E-state index is 13.9. The maximum Gasteiger partial charge on any atom is 0.305 e. The lowest BCUT2D eigenvalue weighted by Gasteiger charge is -2.19. The average molecular weight is 335 g/mol. The summed E-state index contributed by atoms with van der Waals surface area (Å²) in [5.74, 6) is -1.35. The molecule has 0 aromatic heterocycles. The van der Waals surface area contributed by atoms with Crippen LogP contribution in [0.4, 0.5) is 10.1 Å². The monoisotopic (exact) mass is 335 g/mol. The number of rotatable bonds is 6. The Bertz CT molecular complexity index is 847. The first-order chi connectivity index (χ1) is 12.1. The number of para-hydroxylation sites is 1. The van der Waals surface area contributed by atoms with Crippen molar-refractivity contribution in [1.29, 1.82) is 0 Å². The number of carbonyl (C=O) groups is 1. The van der Waals surface area contributed by atoms with E-state index in [-0.39, 0.29) is 6.42 Å². The van der Waals surface area contributed by atoms with Crippen LogP contribution in [0.3, 0.4) is 0 Å². The van der Waals surface area contributed by atoms with E-state index in [0.29, 0.717) is 5.69 Å². The summed E-state index contributed by atoms with van der Waals surface area (Å²) in [7, 11) is 0. The molecule has 126 valence electrons. The molecule has 0 saturated heterocycles. The van der Waals surface area contributed by atoms with Crippen LogP contribution < -0.4 is 5.32 Å². The fourth-order valence-electron chi connectivity index (χ4n) is 2.73. The SMILES string of the molecule is O=C(O)CC(Nc1ccccc1F)c1ccc(-c2ccccc2)cc1. The van der Waals surface area contributed by atoms with E-state index < -0.39 is 17.8 Å². The molecule has 3 nitrogen and oxygen atoms in total. The molecule has 0 bridgehead atoms. The van der Waals surface area contributed by atoms with Crippen LogP contribution in [-0.4, -0.2) is 11.1 Å². The Morgan fingerprint density at radius 1 is 0.880 bits per heavy atom. The highest BCUT2D eigenvalue weighted by Crippen LogP contribution is 2.27. The first-order valence-electron chi connectivity index (χ1n) is 8.02. The van der Waals surface area contributed by atoms with E-state index in [4.69, 9.17) is 0 Å². The Hall–Kier alpha value is -3.14. The molecule has 0 radical (unpaired) electrons. The highest BCUT2D eigenvalue weighted by Gasteiger charge is 2.17. The summed E-state index contributed by atoms with van der Waals surface area (Å²) >= 11 is 0. The number of carboxylic acids is 1. The molecule has 25 heavy (non-hydrogen) atoms. The van der Waals surface area contributed by atoms with Crippen molar-refractivity contribution in [3.05, 3.63) is 90.2 Å². The van der Waals surface area contributed by atoms with Crippen LogP contribution in [0.2, 0.25) is 0 Å². The number of benzene rings is 3. The highest BCUT2D eigenvalue weighted by atomic mass is 19.1. The molecule has 0 heterocycles. The lowest BCUT2D eigenvalue weighted by Crippen LogP contribution is -2.16. The molecule has 3 aromatic rings. The lowest BCUT2D eigenvalue weighted by molar-refractivity contribution is -0.137. The van der Waals surface area contributed by atoms with Gasteiger partial charge in [-0.2, -0.15) is 0 Å². The number of aliphatic carboxylic acids is 1. The first kappa shape index (κ1) is 16.7. The molecule has 1 atom stereocenters. The topological polar surface area (TPSA) is 49.3 Å². The van der Waals surface area contributed by atoms with E-state index in [1.165, 1.54) is 6.07 Å². The minimum atomic E-state index is -0.944. The van der Waals surface area contributed by atoms with Crippen molar-refractivity contribution >= 4 is 11.7 Å². The summed E-state index contributed by atoms with van der Waals surface area (Å²) < 4.78 is 13.9. The van der Waals surface area contributed by atoms with Crippen molar-refractivity contribution in [3.63, 3.8) is 0 Å². The smallest absolute Gasteiger partial charge is 0.305 e. The van der Waals surface area contributed by atoms with Gasteiger partial charge in [0.05, 0.1) is 18.2 Å². The number of carboxylic acid groups (broad SMARTS) is 1. The molecule has 2 N–H and O–H groups in total. The van der Waals surface area contributed by atoms with Crippen LogP contribution in [0.25, 0.3) is 11.1 Å². The molecule has 1 unspecified atom stereocenters. The molecule has 0 spiro atoms. The largest absolute Gasteiger partial charge is 0.481 e. The zero-order chi connectivity index (χ0) is 17.6. The third kappa shape index (κ3) is 4.23. The van der Waals surface area contributed by atoms with E-state index in [2.05, 4.69) is 5.32 Å². The Balaban J connectivity index is 1.86. The fraction of sp³-hybridized carbons (Fsp3) is 0.0952. The number of anilines is 1. The second kappa shape index (κ2) is 7.62. The molecular weight excluding hydrogens is 317 g/mol. The Morgan fingerprint density at radius 3 is 2.12 bits per heavy atom. The number of hydrogen-bond acceptors (Lipinski definition) is 2. The zero-order valence-electron chi connectivity index (χ0n) is 13.5. The van der Waals surface area contributed by atoms with Gasteiger partial charge in [0.15, 0.2) is 0 Å². The van der Waals surface area contributed by atoms with Crippen LogP contribution in [0.1, 0.15) is 18.0 Å². The van der Waals surface area contributed by atoms with Crippen molar-refractivity contribution in [2.75, 3.05) is 5.32 Å². The van der Waals surface area contributed by atoms with Gasteiger partial charge in [-0.1, -0.05) is 66.7 Å². The van der Waals surface area contributed by atoms with Gasteiger partial charge in [-0.25, -0.2) is 4.39 Å². The minimum Gasteiger partial charge on any atom is -0.481 e. The van der Waals surface area contributed by atoms with Crippen molar-refractivity contribution in [2.45, 2.75) is 12.5 Å². The van der Waals surface area contributed by atoms with Gasteiger partial charge in [0, 0.05) is 0 Å². The summed E-state index contributed by atoms with van der Waals surface area (Å²) in [6, 6.07) is 23.3. The number of halogens is 1.